The zero-order valence-electron chi connectivity index (χ0n) is 33.1. The number of halogens is 1. The second kappa shape index (κ2) is 37.5. The summed E-state index contributed by atoms with van der Waals surface area (Å²) in [6.07, 6.45) is 51.2. The van der Waals surface area contributed by atoms with Gasteiger partial charge in [-0.25, -0.2) is 0 Å². The van der Waals surface area contributed by atoms with Crippen LogP contribution in [0.4, 0.5) is 0 Å². The number of rotatable bonds is 37. The number of hydrogen-bond acceptors (Lipinski definition) is 0. The van der Waals surface area contributed by atoms with E-state index >= 15 is 0 Å². The van der Waals surface area contributed by atoms with Crippen LogP contribution in [-0.4, -0.2) is 31.2 Å². The third-order valence-corrected chi connectivity index (χ3v) is 10.8. The molecule has 0 atom stereocenters. The summed E-state index contributed by atoms with van der Waals surface area (Å²) in [5.74, 6) is 0. The van der Waals surface area contributed by atoms with Crippen molar-refractivity contribution in [3.8, 4) is 0 Å². The summed E-state index contributed by atoms with van der Waals surface area (Å²) in [6.45, 7) is 8.48. The molecule has 1 aromatic carbocycles. The molecule has 1 aromatic rings. The van der Waals surface area contributed by atoms with Gasteiger partial charge in [-0.1, -0.05) is 230 Å². The van der Waals surface area contributed by atoms with Crippen LogP contribution in [0.1, 0.15) is 225 Å². The minimum atomic E-state index is 0. The van der Waals surface area contributed by atoms with Crippen LogP contribution in [0.25, 0.3) is 6.08 Å². The van der Waals surface area contributed by atoms with Crippen molar-refractivity contribution < 1.29 is 16.9 Å². The van der Waals surface area contributed by atoms with Gasteiger partial charge in [0, 0.05) is 0 Å². The molecule has 48 heavy (non-hydrogen) atoms. The average Bonchev–Trinajstić information content (AvgIpc) is 3.08. The van der Waals surface area contributed by atoms with Gasteiger partial charge in [-0.2, -0.15) is 0 Å². The number of nitrogens with zero attached hydrogens (tertiary/aromatic N) is 1. The van der Waals surface area contributed by atoms with Crippen molar-refractivity contribution in [3.63, 3.8) is 0 Å². The van der Waals surface area contributed by atoms with Gasteiger partial charge in [-0.15, -0.1) is 0 Å². The monoisotopic (exact) mass is 688 g/mol. The SMILES string of the molecule is CCCCCCCCCCCCCCCCCC[N+](C)(C/C=C/c1ccccc1)CCCCCCCCCCCCCCCCCC.[Cl-]. The van der Waals surface area contributed by atoms with Crippen LogP contribution in [0.2, 0.25) is 0 Å². The van der Waals surface area contributed by atoms with Gasteiger partial charge in [0.25, 0.3) is 0 Å². The maximum Gasteiger partial charge on any atom is 0.0974 e. The Kier molecular flexibility index (Phi) is 36.8. The quantitative estimate of drug-likeness (QED) is 0.0482. The summed E-state index contributed by atoms with van der Waals surface area (Å²) in [5.41, 5.74) is 1.34. The summed E-state index contributed by atoms with van der Waals surface area (Å²) in [5, 5.41) is 0. The maximum absolute atomic E-state index is 2.53. The van der Waals surface area contributed by atoms with E-state index in [0.29, 0.717) is 0 Å². The second-order valence-corrected chi connectivity index (χ2v) is 15.7. The summed E-state index contributed by atoms with van der Waals surface area (Å²) >= 11 is 0. The van der Waals surface area contributed by atoms with Crippen molar-refractivity contribution in [1.82, 2.24) is 0 Å². The molecule has 0 N–H and O–H groups in total. The summed E-state index contributed by atoms with van der Waals surface area (Å²) in [6, 6.07) is 10.9. The number of benzene rings is 1. The molecular formula is C46H86ClN. The molecule has 0 aliphatic rings. The standard InChI is InChI=1S/C46H86N.ClH/c1-4-6-8-10-12-14-16-18-20-22-24-26-28-30-32-37-43-47(3,45-39-42-46-40-35-34-36-41-46)44-38-33-31-29-27-25-23-21-19-17-15-13-11-9-7-5-2;/h34-36,39-42H,4-33,37-38,43-45H2,1-3H3;1H/q+1;/p-1/b42-39+;. The third kappa shape index (κ3) is 32.4. The van der Waals surface area contributed by atoms with Gasteiger partial charge in [0.05, 0.1) is 26.7 Å². The fourth-order valence-electron chi connectivity index (χ4n) is 7.39. The lowest BCUT2D eigenvalue weighted by molar-refractivity contribution is -0.904. The first-order valence-electron chi connectivity index (χ1n) is 21.8. The van der Waals surface area contributed by atoms with Crippen molar-refractivity contribution in [2.75, 3.05) is 26.7 Å². The van der Waals surface area contributed by atoms with Crippen LogP contribution < -0.4 is 12.4 Å². The molecule has 282 valence electrons. The van der Waals surface area contributed by atoms with Crippen molar-refractivity contribution in [2.45, 2.75) is 219 Å². The van der Waals surface area contributed by atoms with E-state index in [0.717, 1.165) is 0 Å². The van der Waals surface area contributed by atoms with E-state index in [-0.39, 0.29) is 12.4 Å². The lowest BCUT2D eigenvalue weighted by atomic mass is 10.0. The highest BCUT2D eigenvalue weighted by atomic mass is 35.5. The van der Waals surface area contributed by atoms with Gasteiger partial charge in [0.15, 0.2) is 0 Å². The van der Waals surface area contributed by atoms with E-state index in [9.17, 15) is 0 Å². The van der Waals surface area contributed by atoms with Crippen LogP contribution in [0, 0.1) is 0 Å². The van der Waals surface area contributed by atoms with E-state index in [1.807, 2.05) is 0 Å². The Hall–Kier alpha value is -0.790. The highest BCUT2D eigenvalue weighted by Gasteiger charge is 2.19. The molecule has 0 unspecified atom stereocenters. The highest BCUT2D eigenvalue weighted by Crippen LogP contribution is 2.18. The topological polar surface area (TPSA) is 0 Å². The van der Waals surface area contributed by atoms with Gasteiger partial charge in [-0.05, 0) is 37.3 Å². The molecular weight excluding hydrogens is 602 g/mol. The Bertz CT molecular complexity index is 723. The molecule has 0 radical (unpaired) electrons. The minimum Gasteiger partial charge on any atom is -1.00 e. The molecule has 1 rings (SSSR count). The predicted molar refractivity (Wildman–Crippen MR) is 215 cm³/mol. The molecule has 0 fully saturated rings. The molecule has 0 amide bonds. The van der Waals surface area contributed by atoms with Crippen molar-refractivity contribution in [3.05, 3.63) is 42.0 Å². The van der Waals surface area contributed by atoms with Gasteiger partial charge in [-0.3, -0.25) is 0 Å². The number of quaternary nitrogens is 1. The molecule has 0 saturated carbocycles. The van der Waals surface area contributed by atoms with Gasteiger partial charge < -0.3 is 16.9 Å². The summed E-state index contributed by atoms with van der Waals surface area (Å²) in [7, 11) is 2.53. The highest BCUT2D eigenvalue weighted by molar-refractivity contribution is 5.48. The first-order valence-corrected chi connectivity index (χ1v) is 21.8. The Morgan fingerprint density at radius 2 is 0.667 bits per heavy atom. The lowest BCUT2D eigenvalue weighted by Crippen LogP contribution is -3.00. The fourth-order valence-corrected chi connectivity index (χ4v) is 7.39. The zero-order chi connectivity index (χ0) is 33.8. The number of hydrogen-bond donors (Lipinski definition) is 0. The summed E-state index contributed by atoms with van der Waals surface area (Å²) < 4.78 is 1.22. The van der Waals surface area contributed by atoms with Gasteiger partial charge in [0.2, 0.25) is 0 Å². The fraction of sp³-hybridized carbons (Fsp3) is 0.826. The Balaban J connectivity index is 0.0000221. The smallest absolute Gasteiger partial charge is 0.0974 e. The molecule has 0 spiro atoms. The van der Waals surface area contributed by atoms with E-state index in [4.69, 9.17) is 0 Å². The van der Waals surface area contributed by atoms with Crippen molar-refractivity contribution in [1.29, 1.82) is 0 Å². The Labute approximate surface area is 309 Å². The van der Waals surface area contributed by atoms with E-state index < -0.39 is 0 Å². The van der Waals surface area contributed by atoms with Crippen LogP contribution in [0.5, 0.6) is 0 Å². The normalized spacial score (nSPS) is 11.8. The van der Waals surface area contributed by atoms with Crippen LogP contribution in [-0.2, 0) is 0 Å². The molecule has 0 bridgehead atoms. The van der Waals surface area contributed by atoms with Gasteiger partial charge in [0.1, 0.15) is 0 Å². The Morgan fingerprint density at radius 1 is 0.396 bits per heavy atom. The lowest BCUT2D eigenvalue weighted by Gasteiger charge is -2.34. The molecule has 1 nitrogen and oxygen atoms in total. The van der Waals surface area contributed by atoms with Gasteiger partial charge >= 0.3 is 0 Å². The number of likely N-dealkylation sites (N-methyl/N-ethyl adjacent to an activating group) is 1. The first-order chi connectivity index (χ1) is 23.2. The third-order valence-electron chi connectivity index (χ3n) is 10.8. The molecule has 0 aromatic heterocycles. The average molecular weight is 689 g/mol. The largest absolute Gasteiger partial charge is 1.00 e. The van der Waals surface area contributed by atoms with Crippen LogP contribution in [0.3, 0.4) is 0 Å². The van der Waals surface area contributed by atoms with Crippen molar-refractivity contribution >= 4 is 6.08 Å². The van der Waals surface area contributed by atoms with Crippen LogP contribution >= 0.6 is 0 Å². The van der Waals surface area contributed by atoms with E-state index in [1.165, 1.54) is 235 Å². The van der Waals surface area contributed by atoms with E-state index in [2.05, 4.69) is 63.4 Å². The molecule has 0 aliphatic heterocycles. The Morgan fingerprint density at radius 3 is 0.958 bits per heavy atom. The first kappa shape index (κ1) is 47.2. The minimum absolute atomic E-state index is 0. The van der Waals surface area contributed by atoms with Crippen LogP contribution in [0.15, 0.2) is 36.4 Å². The zero-order valence-corrected chi connectivity index (χ0v) is 33.9. The molecule has 0 saturated heterocycles. The maximum atomic E-state index is 2.53. The predicted octanol–water partition coefficient (Wildman–Crippen LogP) is 12.7. The molecule has 0 heterocycles. The molecule has 2 heteroatoms. The second-order valence-electron chi connectivity index (χ2n) is 15.7. The van der Waals surface area contributed by atoms with E-state index in [1.54, 1.807) is 0 Å². The summed E-state index contributed by atoms with van der Waals surface area (Å²) in [4.78, 5) is 0. The van der Waals surface area contributed by atoms with Crippen molar-refractivity contribution in [2.24, 2.45) is 0 Å². The number of unbranched alkanes of at least 4 members (excludes halogenated alkanes) is 30. The molecule has 0 aliphatic carbocycles.